The number of aliphatic hydroxyl groups excluding tert-OH is 1. The van der Waals surface area contributed by atoms with Crippen LogP contribution in [0.15, 0.2) is 54.9 Å². The molecule has 1 fully saturated rings. The van der Waals surface area contributed by atoms with E-state index >= 15 is 0 Å². The van der Waals surface area contributed by atoms with Gasteiger partial charge in [-0.15, -0.1) is 0 Å². The highest BCUT2D eigenvalue weighted by Gasteiger charge is 2.34. The highest BCUT2D eigenvalue weighted by Crippen LogP contribution is 2.33. The Morgan fingerprint density at radius 1 is 1.18 bits per heavy atom. The molecule has 0 aliphatic carbocycles. The number of amides is 2. The average Bonchev–Trinajstić information content (AvgIpc) is 3.39. The van der Waals surface area contributed by atoms with Gasteiger partial charge in [0, 0.05) is 43.1 Å². The Morgan fingerprint density at radius 3 is 2.73 bits per heavy atom. The largest absolute Gasteiger partial charge is 0.497 e. The summed E-state index contributed by atoms with van der Waals surface area (Å²) in [6.45, 7) is 2.39. The maximum absolute atomic E-state index is 13.5. The molecule has 2 aliphatic heterocycles. The van der Waals surface area contributed by atoms with Crippen LogP contribution in [0.3, 0.4) is 0 Å². The number of likely N-dealkylation sites (N-methyl/N-ethyl adjacent to an activating group) is 1. The molecule has 40 heavy (non-hydrogen) atoms. The Hall–Kier alpha value is -4.02. The minimum absolute atomic E-state index is 0.105. The van der Waals surface area contributed by atoms with Crippen molar-refractivity contribution in [2.75, 3.05) is 55.5 Å². The first-order valence-corrected chi connectivity index (χ1v) is 13.7. The normalized spacial score (nSPS) is 17.1. The molecule has 5 rings (SSSR count). The summed E-state index contributed by atoms with van der Waals surface area (Å²) in [5.41, 5.74) is 4.06. The molecule has 0 radical (unpaired) electrons. The summed E-state index contributed by atoms with van der Waals surface area (Å²) >= 11 is 0. The van der Waals surface area contributed by atoms with Crippen molar-refractivity contribution in [3.8, 4) is 5.75 Å². The summed E-state index contributed by atoms with van der Waals surface area (Å²) in [7, 11) is 3.78. The van der Waals surface area contributed by atoms with Crippen LogP contribution in [0.1, 0.15) is 34.5 Å². The van der Waals surface area contributed by atoms with Crippen molar-refractivity contribution in [1.82, 2.24) is 14.9 Å². The quantitative estimate of drug-likeness (QED) is 0.375. The molecule has 210 valence electrons. The number of anilines is 3. The zero-order valence-electron chi connectivity index (χ0n) is 23.0. The van der Waals surface area contributed by atoms with Gasteiger partial charge in [0.15, 0.2) is 0 Å². The molecule has 1 atom stereocenters. The number of nitrogens with zero attached hydrogens (tertiary/aromatic N) is 5. The van der Waals surface area contributed by atoms with E-state index in [1.54, 1.807) is 18.1 Å². The van der Waals surface area contributed by atoms with E-state index in [2.05, 4.69) is 32.1 Å². The Morgan fingerprint density at radius 2 is 1.98 bits per heavy atom. The summed E-state index contributed by atoms with van der Waals surface area (Å²) in [4.78, 5) is 39.6. The third-order valence-electron chi connectivity index (χ3n) is 8.05. The van der Waals surface area contributed by atoms with Crippen LogP contribution in [0.25, 0.3) is 0 Å². The maximum Gasteiger partial charge on any atom is 0.277 e. The number of rotatable bonds is 10. The van der Waals surface area contributed by atoms with E-state index in [1.165, 1.54) is 6.33 Å². The molecule has 2 aromatic carbocycles. The Labute approximate surface area is 234 Å². The van der Waals surface area contributed by atoms with Crippen LogP contribution >= 0.6 is 0 Å². The highest BCUT2D eigenvalue weighted by molar-refractivity contribution is 6.07. The number of carbonyl (C=O) groups is 2. The molecule has 1 unspecified atom stereocenters. The second-order valence-corrected chi connectivity index (χ2v) is 10.3. The smallest absolute Gasteiger partial charge is 0.277 e. The zero-order chi connectivity index (χ0) is 28.1. The number of aromatic nitrogens is 2. The summed E-state index contributed by atoms with van der Waals surface area (Å²) in [6.07, 6.45) is 5.50. The molecule has 2 N–H and O–H groups in total. The van der Waals surface area contributed by atoms with Gasteiger partial charge in [-0.2, -0.15) is 0 Å². The van der Waals surface area contributed by atoms with Crippen LogP contribution in [-0.2, 0) is 17.6 Å². The molecular weight excluding hydrogens is 508 g/mol. The van der Waals surface area contributed by atoms with Gasteiger partial charge in [0.05, 0.1) is 19.8 Å². The first kappa shape index (κ1) is 27.5. The van der Waals surface area contributed by atoms with Gasteiger partial charge in [-0.05, 0) is 68.1 Å². The lowest BCUT2D eigenvalue weighted by molar-refractivity contribution is -0.105. The number of hydrogen-bond acceptors (Lipinski definition) is 8. The SMILES string of the molecule is COc1ccc(NC=O)c(CCN(C)C2CCN(c3cc(C(=O)N4c5ccccc5CC4CO)ncn3)CC2)c1. The lowest BCUT2D eigenvalue weighted by Gasteiger charge is -2.37. The van der Waals surface area contributed by atoms with Crippen LogP contribution in [0.5, 0.6) is 5.75 Å². The number of fused-ring (bicyclic) bond motifs is 1. The molecule has 1 aromatic heterocycles. The highest BCUT2D eigenvalue weighted by atomic mass is 16.5. The van der Waals surface area contributed by atoms with Crippen molar-refractivity contribution in [3.05, 3.63) is 71.7 Å². The number of methoxy groups -OCH3 is 1. The minimum Gasteiger partial charge on any atom is -0.497 e. The van der Waals surface area contributed by atoms with Crippen molar-refractivity contribution < 1.29 is 19.4 Å². The topological polar surface area (TPSA) is 111 Å². The second-order valence-electron chi connectivity index (χ2n) is 10.3. The molecule has 3 heterocycles. The van der Waals surface area contributed by atoms with E-state index in [0.717, 1.165) is 73.0 Å². The lowest BCUT2D eigenvalue weighted by atomic mass is 10.0. The number of aliphatic hydroxyl groups is 1. The van der Waals surface area contributed by atoms with Gasteiger partial charge in [-0.3, -0.25) is 9.59 Å². The molecule has 2 aliphatic rings. The first-order chi connectivity index (χ1) is 19.5. The molecule has 1 saturated heterocycles. The third-order valence-corrected chi connectivity index (χ3v) is 8.05. The molecule has 0 bridgehead atoms. The average molecular weight is 545 g/mol. The van der Waals surface area contributed by atoms with Gasteiger partial charge in [-0.25, -0.2) is 9.97 Å². The van der Waals surface area contributed by atoms with Crippen LogP contribution < -0.4 is 19.9 Å². The van der Waals surface area contributed by atoms with E-state index in [-0.39, 0.29) is 18.6 Å². The number of para-hydroxylation sites is 1. The van der Waals surface area contributed by atoms with Gasteiger partial charge < -0.3 is 29.9 Å². The van der Waals surface area contributed by atoms with Crippen molar-refractivity contribution in [3.63, 3.8) is 0 Å². The Balaban J connectivity index is 1.20. The summed E-state index contributed by atoms with van der Waals surface area (Å²) in [5, 5.41) is 12.7. The number of benzene rings is 2. The predicted molar refractivity (Wildman–Crippen MR) is 154 cm³/mol. The number of nitrogens with one attached hydrogen (secondary N) is 1. The van der Waals surface area contributed by atoms with E-state index in [9.17, 15) is 14.7 Å². The van der Waals surface area contributed by atoms with Crippen LogP contribution in [-0.4, -0.2) is 84.8 Å². The number of piperidine rings is 1. The fourth-order valence-electron chi connectivity index (χ4n) is 5.77. The van der Waals surface area contributed by atoms with E-state index < -0.39 is 0 Å². The summed E-state index contributed by atoms with van der Waals surface area (Å²) < 4.78 is 5.36. The van der Waals surface area contributed by atoms with Gasteiger partial charge >= 0.3 is 0 Å². The van der Waals surface area contributed by atoms with Crippen LogP contribution in [0, 0.1) is 0 Å². The fourth-order valence-corrected chi connectivity index (χ4v) is 5.77. The van der Waals surface area contributed by atoms with Gasteiger partial charge in [0.2, 0.25) is 6.41 Å². The summed E-state index contributed by atoms with van der Waals surface area (Å²) in [5.74, 6) is 1.29. The molecular formula is C30H36N6O4. The maximum atomic E-state index is 13.5. The van der Waals surface area contributed by atoms with Crippen molar-refractivity contribution in [2.45, 2.75) is 37.8 Å². The first-order valence-electron chi connectivity index (χ1n) is 13.7. The van der Waals surface area contributed by atoms with Crippen molar-refractivity contribution >= 4 is 29.5 Å². The van der Waals surface area contributed by atoms with Crippen molar-refractivity contribution in [2.24, 2.45) is 0 Å². The molecule has 0 spiro atoms. The second kappa shape index (κ2) is 12.4. The van der Waals surface area contributed by atoms with E-state index in [4.69, 9.17) is 4.74 Å². The number of ether oxygens (including phenoxy) is 1. The standard InChI is InChI=1S/C30H36N6O4/c1-34(12-9-21-16-25(40-2)7-8-26(21)33-20-38)23-10-13-35(14-11-23)29-17-27(31-19-32-29)30(39)36-24(18-37)15-22-5-3-4-6-28(22)36/h3-8,16-17,19-20,23-24,37H,9-15,18H2,1-2H3,(H,33,38). The summed E-state index contributed by atoms with van der Waals surface area (Å²) in [6, 6.07) is 15.3. The molecule has 10 heteroatoms. The monoisotopic (exact) mass is 544 g/mol. The van der Waals surface area contributed by atoms with Crippen LogP contribution in [0.4, 0.5) is 17.2 Å². The van der Waals surface area contributed by atoms with Gasteiger partial charge in [-0.1, -0.05) is 18.2 Å². The van der Waals surface area contributed by atoms with Crippen LogP contribution in [0.2, 0.25) is 0 Å². The molecule has 2 amide bonds. The van der Waals surface area contributed by atoms with Gasteiger partial charge in [0.1, 0.15) is 23.6 Å². The fraction of sp³-hybridized carbons (Fsp3) is 0.400. The Bertz CT molecular complexity index is 1340. The predicted octanol–water partition coefficient (Wildman–Crippen LogP) is 2.76. The number of carbonyl (C=O) groups excluding carboxylic acids is 2. The van der Waals surface area contributed by atoms with E-state index in [1.807, 2.05) is 42.5 Å². The third kappa shape index (κ3) is 5.78. The number of hydrogen-bond donors (Lipinski definition) is 2. The zero-order valence-corrected chi connectivity index (χ0v) is 23.0. The lowest BCUT2D eigenvalue weighted by Crippen LogP contribution is -2.44. The molecule has 3 aromatic rings. The van der Waals surface area contributed by atoms with Gasteiger partial charge in [0.25, 0.3) is 5.91 Å². The van der Waals surface area contributed by atoms with Crippen molar-refractivity contribution in [1.29, 1.82) is 0 Å². The minimum atomic E-state index is -0.295. The van der Waals surface area contributed by atoms with E-state index in [0.29, 0.717) is 24.6 Å². The molecule has 0 saturated carbocycles. The Kier molecular flexibility index (Phi) is 8.57. The molecule has 10 nitrogen and oxygen atoms in total.